The second-order valence-corrected chi connectivity index (χ2v) is 11.2. The number of piperidine rings is 1. The highest BCUT2D eigenvalue weighted by atomic mass is 19.1. The van der Waals surface area contributed by atoms with E-state index in [1.165, 1.54) is 54.7 Å². The molecule has 2 aromatic rings. The lowest BCUT2D eigenvalue weighted by atomic mass is 9.99. The topological polar surface area (TPSA) is 49.9 Å². The van der Waals surface area contributed by atoms with Crippen LogP contribution in [0.3, 0.4) is 0 Å². The summed E-state index contributed by atoms with van der Waals surface area (Å²) < 4.78 is 45.3. The Bertz CT molecular complexity index is 1100. The number of alkyl halides is 2. The van der Waals surface area contributed by atoms with E-state index in [-0.39, 0.29) is 17.7 Å². The maximum atomic E-state index is 14.6. The number of nitrogens with zero attached hydrogens (tertiary/aromatic N) is 2. The molecule has 0 N–H and O–H groups in total. The number of halogens is 3. The molecule has 0 bridgehead atoms. The Labute approximate surface area is 270 Å². The van der Waals surface area contributed by atoms with Crippen LogP contribution in [-0.4, -0.2) is 55.8 Å². The molecule has 0 saturated carbocycles. The van der Waals surface area contributed by atoms with Crippen molar-refractivity contribution in [3.63, 3.8) is 0 Å². The number of hydrogen-bond donors (Lipinski definition) is 0. The molecule has 0 aliphatic carbocycles. The van der Waals surface area contributed by atoms with E-state index >= 15 is 0 Å². The van der Waals surface area contributed by atoms with Crippen molar-refractivity contribution in [2.45, 2.75) is 112 Å². The summed E-state index contributed by atoms with van der Waals surface area (Å²) in [6.45, 7) is 18.8. The van der Waals surface area contributed by atoms with Gasteiger partial charge < -0.3 is 14.5 Å². The zero-order valence-corrected chi connectivity index (χ0v) is 28.9. The van der Waals surface area contributed by atoms with Gasteiger partial charge in [0.25, 0.3) is 0 Å². The van der Waals surface area contributed by atoms with Crippen molar-refractivity contribution in [2.75, 3.05) is 31.3 Å². The molecule has 1 aliphatic rings. The zero-order valence-electron chi connectivity index (χ0n) is 28.9. The van der Waals surface area contributed by atoms with Crippen molar-refractivity contribution >= 4 is 23.6 Å². The third-order valence-electron chi connectivity index (χ3n) is 7.29. The van der Waals surface area contributed by atoms with E-state index in [2.05, 4.69) is 72.4 Å². The molecule has 1 heterocycles. The first kappa shape index (κ1) is 41.7. The number of hydrogen-bond acceptors (Lipinski definition) is 3. The number of amides is 2. The van der Waals surface area contributed by atoms with E-state index in [1.54, 1.807) is 11.8 Å². The van der Waals surface area contributed by atoms with Gasteiger partial charge >= 0.3 is 0 Å². The number of benzene rings is 2. The number of anilines is 1. The molecule has 5 nitrogen and oxygen atoms in total. The SMILES string of the molecule is C=C(C)c1cc(OC(CF)CF)c(F)cc1N(C(C)=O)C1CCN(C=O)CC1.CCCC.CCCC.CCc1ccc(C)cc1. The van der Waals surface area contributed by atoms with Gasteiger partial charge in [-0.25, -0.2) is 13.2 Å². The third kappa shape index (κ3) is 15.5. The fourth-order valence-electron chi connectivity index (χ4n) is 4.15. The second kappa shape index (κ2) is 24.0. The minimum Gasteiger partial charge on any atom is -0.482 e. The Morgan fingerprint density at radius 3 is 1.87 bits per heavy atom. The summed E-state index contributed by atoms with van der Waals surface area (Å²) in [5.74, 6) is -1.38. The standard InChI is InChI=1S/C20H25F3N2O3.C9H12.2C4H10/c1-13(2)17-8-20(28-16(10-21)11-22)18(23)9-19(17)25(14(3)27)15-4-6-24(12-26)7-5-15;1-3-9-6-4-8(2)5-7-9;2*1-3-4-2/h8-9,12,15-16H,1,4-7,10-11H2,2-3H3;4-7H,3H2,1-2H3;2*3-4H2,1-2H3. The maximum Gasteiger partial charge on any atom is 0.224 e. The first-order valence-corrected chi connectivity index (χ1v) is 16.3. The van der Waals surface area contributed by atoms with Crippen molar-refractivity contribution in [2.24, 2.45) is 0 Å². The number of carbonyl (C=O) groups excluding carboxylic acids is 2. The predicted molar refractivity (Wildman–Crippen MR) is 183 cm³/mol. The molecule has 254 valence electrons. The largest absolute Gasteiger partial charge is 0.482 e. The highest BCUT2D eigenvalue weighted by Gasteiger charge is 2.30. The minimum atomic E-state index is -1.39. The lowest BCUT2D eigenvalue weighted by molar-refractivity contribution is -0.119. The molecular formula is C37H57F3N2O3. The minimum absolute atomic E-state index is 0.206. The summed E-state index contributed by atoms with van der Waals surface area (Å²) >= 11 is 0. The molecule has 0 atom stereocenters. The molecular weight excluding hydrogens is 577 g/mol. The molecule has 1 saturated heterocycles. The van der Waals surface area contributed by atoms with Crippen LogP contribution in [0.25, 0.3) is 5.57 Å². The highest BCUT2D eigenvalue weighted by Crippen LogP contribution is 2.36. The lowest BCUT2D eigenvalue weighted by Crippen LogP contribution is -2.47. The normalized spacial score (nSPS) is 12.5. The molecule has 1 aliphatic heterocycles. The van der Waals surface area contributed by atoms with Gasteiger partial charge in [0.05, 0.1) is 5.69 Å². The molecule has 0 unspecified atom stereocenters. The van der Waals surface area contributed by atoms with Gasteiger partial charge in [0.15, 0.2) is 17.7 Å². The molecule has 0 radical (unpaired) electrons. The fraction of sp³-hybridized carbons (Fsp3) is 0.568. The number of ether oxygens (including phenoxy) is 1. The average molecular weight is 635 g/mol. The van der Waals surface area contributed by atoms with Gasteiger partial charge in [-0.05, 0) is 50.3 Å². The summed E-state index contributed by atoms with van der Waals surface area (Å²) in [5.41, 5.74) is 4.09. The quantitative estimate of drug-likeness (QED) is 0.231. The van der Waals surface area contributed by atoms with E-state index in [0.29, 0.717) is 42.8 Å². The Hall–Kier alpha value is -3.29. The van der Waals surface area contributed by atoms with Crippen LogP contribution in [0.5, 0.6) is 5.75 Å². The maximum absolute atomic E-state index is 14.6. The summed E-state index contributed by atoms with van der Waals surface area (Å²) in [5, 5.41) is 0. The molecule has 8 heteroatoms. The zero-order chi connectivity index (χ0) is 34.4. The monoisotopic (exact) mass is 634 g/mol. The smallest absolute Gasteiger partial charge is 0.224 e. The Morgan fingerprint density at radius 1 is 0.978 bits per heavy atom. The van der Waals surface area contributed by atoms with Crippen LogP contribution < -0.4 is 9.64 Å². The van der Waals surface area contributed by atoms with Crippen molar-refractivity contribution < 1.29 is 27.5 Å². The van der Waals surface area contributed by atoms with E-state index in [9.17, 15) is 22.8 Å². The van der Waals surface area contributed by atoms with Crippen molar-refractivity contribution in [1.29, 1.82) is 0 Å². The number of aryl methyl sites for hydroxylation is 2. The highest BCUT2D eigenvalue weighted by molar-refractivity contribution is 5.95. The van der Waals surface area contributed by atoms with Gasteiger partial charge in [-0.2, -0.15) is 0 Å². The van der Waals surface area contributed by atoms with Crippen LogP contribution in [0, 0.1) is 12.7 Å². The van der Waals surface area contributed by atoms with E-state index in [0.717, 1.165) is 18.9 Å². The molecule has 45 heavy (non-hydrogen) atoms. The van der Waals surface area contributed by atoms with E-state index < -0.39 is 25.3 Å². The van der Waals surface area contributed by atoms with Gasteiger partial charge in [-0.1, -0.05) is 96.7 Å². The van der Waals surface area contributed by atoms with Gasteiger partial charge in [-0.3, -0.25) is 9.59 Å². The van der Waals surface area contributed by atoms with E-state index in [1.807, 2.05) is 0 Å². The van der Waals surface area contributed by atoms with Gasteiger partial charge in [0, 0.05) is 37.7 Å². The summed E-state index contributed by atoms with van der Waals surface area (Å²) in [4.78, 5) is 26.4. The number of carbonyl (C=O) groups is 2. The Balaban J connectivity index is 0.000000925. The average Bonchev–Trinajstić information content (AvgIpc) is 3.05. The summed E-state index contributed by atoms with van der Waals surface area (Å²) in [7, 11) is 0. The first-order valence-electron chi connectivity index (χ1n) is 16.3. The van der Waals surface area contributed by atoms with Crippen molar-refractivity contribution in [3.05, 3.63) is 65.5 Å². The van der Waals surface area contributed by atoms with Crippen LogP contribution in [0.1, 0.15) is 104 Å². The number of rotatable bonds is 11. The Kier molecular flexibility index (Phi) is 22.3. The van der Waals surface area contributed by atoms with Crippen LogP contribution in [0.15, 0.2) is 43.0 Å². The van der Waals surface area contributed by atoms with Crippen LogP contribution in [0.4, 0.5) is 18.9 Å². The Morgan fingerprint density at radius 2 is 1.49 bits per heavy atom. The molecule has 2 aromatic carbocycles. The van der Waals surface area contributed by atoms with Gasteiger partial charge in [0.1, 0.15) is 13.3 Å². The van der Waals surface area contributed by atoms with Gasteiger partial charge in [-0.15, -0.1) is 0 Å². The molecule has 1 fully saturated rings. The number of unbranched alkanes of at least 4 members (excludes halogenated alkanes) is 2. The third-order valence-corrected chi connectivity index (χ3v) is 7.29. The second-order valence-electron chi connectivity index (χ2n) is 11.2. The van der Waals surface area contributed by atoms with Gasteiger partial charge in [0.2, 0.25) is 12.3 Å². The van der Waals surface area contributed by atoms with E-state index in [4.69, 9.17) is 4.74 Å². The summed E-state index contributed by atoms with van der Waals surface area (Å²) in [6, 6.07) is 10.9. The predicted octanol–water partition coefficient (Wildman–Crippen LogP) is 9.69. The molecule has 0 spiro atoms. The summed E-state index contributed by atoms with van der Waals surface area (Å²) in [6.07, 6.45) is 6.90. The molecule has 3 rings (SSSR count). The van der Waals surface area contributed by atoms with Crippen LogP contribution >= 0.6 is 0 Å². The molecule has 0 aromatic heterocycles. The first-order chi connectivity index (χ1) is 21.5. The van der Waals surface area contributed by atoms with Crippen LogP contribution in [0.2, 0.25) is 0 Å². The number of likely N-dealkylation sites (tertiary alicyclic amines) is 1. The number of allylic oxidation sites excluding steroid dienone is 1. The fourth-order valence-corrected chi connectivity index (χ4v) is 4.15. The lowest BCUT2D eigenvalue weighted by Gasteiger charge is -2.38. The molecule has 2 amide bonds. The van der Waals surface area contributed by atoms with Crippen molar-refractivity contribution in [3.8, 4) is 5.75 Å². The van der Waals surface area contributed by atoms with Crippen molar-refractivity contribution in [1.82, 2.24) is 4.90 Å². The van der Waals surface area contributed by atoms with Crippen LogP contribution in [-0.2, 0) is 16.0 Å².